The number of amides is 1. The number of carbonyl (C=O) groups is 1. The van der Waals surface area contributed by atoms with Crippen LogP contribution in [0.15, 0.2) is 22.8 Å². The maximum absolute atomic E-state index is 12.0. The molecular weight excluding hydrogens is 400 g/mol. The van der Waals surface area contributed by atoms with Crippen LogP contribution in [0.1, 0.15) is 35.3 Å². The van der Waals surface area contributed by atoms with Crippen molar-refractivity contribution in [2.24, 2.45) is 0 Å². The molecule has 0 saturated carbocycles. The molecule has 1 amide bonds. The molecule has 31 heavy (non-hydrogen) atoms. The van der Waals surface area contributed by atoms with Crippen molar-refractivity contribution in [3.63, 3.8) is 0 Å². The van der Waals surface area contributed by atoms with Crippen LogP contribution in [-0.2, 0) is 13.1 Å². The quantitative estimate of drug-likeness (QED) is 0.611. The summed E-state index contributed by atoms with van der Waals surface area (Å²) >= 11 is 0. The Morgan fingerprint density at radius 2 is 1.71 bits per heavy atom. The minimum absolute atomic E-state index is 0.189. The van der Waals surface area contributed by atoms with Gasteiger partial charge in [-0.15, -0.1) is 0 Å². The van der Waals surface area contributed by atoms with E-state index >= 15 is 0 Å². The van der Waals surface area contributed by atoms with Gasteiger partial charge in [-0.25, -0.2) is 4.98 Å². The number of ether oxygens (including phenoxy) is 3. The van der Waals surface area contributed by atoms with Gasteiger partial charge >= 0.3 is 0 Å². The largest absolute Gasteiger partial charge is 0.493 e. The summed E-state index contributed by atoms with van der Waals surface area (Å²) in [7, 11) is 4.88. The van der Waals surface area contributed by atoms with Crippen LogP contribution >= 0.6 is 0 Å². The van der Waals surface area contributed by atoms with Crippen LogP contribution in [0.3, 0.4) is 0 Å². The molecule has 9 heteroatoms. The van der Waals surface area contributed by atoms with Gasteiger partial charge in [0.15, 0.2) is 17.2 Å². The summed E-state index contributed by atoms with van der Waals surface area (Å²) in [6.45, 7) is 7.57. The van der Waals surface area contributed by atoms with Crippen LogP contribution < -0.4 is 19.5 Å². The Morgan fingerprint density at radius 3 is 2.32 bits per heavy atom. The van der Waals surface area contributed by atoms with Gasteiger partial charge in [-0.2, -0.15) is 0 Å². The van der Waals surface area contributed by atoms with Gasteiger partial charge in [0.1, 0.15) is 6.26 Å². The Morgan fingerprint density at radius 1 is 1.03 bits per heavy atom. The molecule has 9 nitrogen and oxygen atoms in total. The van der Waals surface area contributed by atoms with E-state index in [1.54, 1.807) is 21.3 Å². The third-order valence-electron chi connectivity index (χ3n) is 5.32. The fourth-order valence-corrected chi connectivity index (χ4v) is 3.64. The van der Waals surface area contributed by atoms with Crippen LogP contribution in [0.2, 0.25) is 0 Å². The molecule has 0 atom stereocenters. The topological polar surface area (TPSA) is 89.3 Å². The van der Waals surface area contributed by atoms with E-state index in [1.165, 1.54) is 6.26 Å². The van der Waals surface area contributed by atoms with Crippen molar-refractivity contribution in [2.45, 2.75) is 26.4 Å². The molecule has 170 valence electrons. The highest BCUT2D eigenvalue weighted by molar-refractivity contribution is 5.91. The Hall–Kier alpha value is -2.78. The Bertz CT molecular complexity index is 862. The van der Waals surface area contributed by atoms with E-state index in [-0.39, 0.29) is 5.91 Å². The Balaban J connectivity index is 1.54. The smallest absolute Gasteiger partial charge is 0.273 e. The number of aromatic nitrogens is 1. The SMILES string of the molecule is CCCNC(=O)c1coc(CN2CCN(Cc3ccc(OC)c(OC)c3OC)CC2)n1. The van der Waals surface area contributed by atoms with Crippen LogP contribution in [0.25, 0.3) is 0 Å². The van der Waals surface area contributed by atoms with Gasteiger partial charge < -0.3 is 23.9 Å². The molecule has 1 saturated heterocycles. The molecular formula is C22H32N4O5. The predicted octanol–water partition coefficient (Wildman–Crippen LogP) is 2.16. The lowest BCUT2D eigenvalue weighted by molar-refractivity contribution is 0.0948. The summed E-state index contributed by atoms with van der Waals surface area (Å²) in [6.07, 6.45) is 2.32. The fraction of sp³-hybridized carbons (Fsp3) is 0.545. The lowest BCUT2D eigenvalue weighted by Crippen LogP contribution is -2.45. The molecule has 0 spiro atoms. The fourth-order valence-electron chi connectivity index (χ4n) is 3.64. The summed E-state index contributed by atoms with van der Waals surface area (Å²) in [4.78, 5) is 21.0. The van der Waals surface area contributed by atoms with Crippen molar-refractivity contribution in [3.05, 3.63) is 35.5 Å². The van der Waals surface area contributed by atoms with Crippen molar-refractivity contribution < 1.29 is 23.4 Å². The van der Waals surface area contributed by atoms with E-state index in [2.05, 4.69) is 20.1 Å². The van der Waals surface area contributed by atoms with Crippen LogP contribution in [0.5, 0.6) is 17.2 Å². The summed E-state index contributed by atoms with van der Waals surface area (Å²) in [5, 5.41) is 2.81. The highest BCUT2D eigenvalue weighted by atomic mass is 16.5. The number of piperazine rings is 1. The molecule has 1 N–H and O–H groups in total. The maximum atomic E-state index is 12.0. The number of nitrogens with zero attached hydrogens (tertiary/aromatic N) is 3. The molecule has 2 aromatic rings. The molecule has 1 aromatic heterocycles. The second kappa shape index (κ2) is 11.0. The Kier molecular flexibility index (Phi) is 8.13. The van der Waals surface area contributed by atoms with Gasteiger partial charge in [0.05, 0.1) is 27.9 Å². The van der Waals surface area contributed by atoms with E-state index in [4.69, 9.17) is 18.6 Å². The molecule has 2 heterocycles. The summed E-state index contributed by atoms with van der Waals surface area (Å²) in [6, 6.07) is 3.92. The summed E-state index contributed by atoms with van der Waals surface area (Å²) in [5.74, 6) is 2.35. The molecule has 3 rings (SSSR count). The number of benzene rings is 1. The zero-order valence-electron chi connectivity index (χ0n) is 18.8. The summed E-state index contributed by atoms with van der Waals surface area (Å²) < 4.78 is 22.0. The molecule has 1 aliphatic heterocycles. The van der Waals surface area contributed by atoms with Gasteiger partial charge in [0.2, 0.25) is 11.6 Å². The minimum atomic E-state index is -0.189. The number of hydrogen-bond acceptors (Lipinski definition) is 8. The second-order valence-electron chi connectivity index (χ2n) is 7.43. The zero-order chi connectivity index (χ0) is 22.2. The van der Waals surface area contributed by atoms with E-state index in [1.807, 2.05) is 19.1 Å². The maximum Gasteiger partial charge on any atom is 0.273 e. The monoisotopic (exact) mass is 432 g/mol. The van der Waals surface area contributed by atoms with Gasteiger partial charge in [-0.3, -0.25) is 14.6 Å². The molecule has 0 aliphatic carbocycles. The van der Waals surface area contributed by atoms with Gasteiger partial charge in [0.25, 0.3) is 5.91 Å². The Labute approximate surface area is 183 Å². The van der Waals surface area contributed by atoms with Crippen LogP contribution in [0.4, 0.5) is 0 Å². The van der Waals surface area contributed by atoms with Crippen LogP contribution in [0, 0.1) is 0 Å². The lowest BCUT2D eigenvalue weighted by Gasteiger charge is -2.34. The van der Waals surface area contributed by atoms with Gasteiger partial charge in [-0.1, -0.05) is 13.0 Å². The highest BCUT2D eigenvalue weighted by Crippen LogP contribution is 2.40. The van der Waals surface area contributed by atoms with Crippen molar-refractivity contribution >= 4 is 5.91 Å². The molecule has 1 fully saturated rings. The number of rotatable bonds is 10. The molecule has 1 aliphatic rings. The van der Waals surface area contributed by atoms with Crippen molar-refractivity contribution in [1.82, 2.24) is 20.1 Å². The number of oxazole rings is 1. The number of nitrogens with one attached hydrogen (secondary N) is 1. The predicted molar refractivity (Wildman–Crippen MR) is 116 cm³/mol. The normalized spacial score (nSPS) is 15.0. The average molecular weight is 433 g/mol. The first-order chi connectivity index (χ1) is 15.1. The standard InChI is InChI=1S/C22H32N4O5/c1-5-8-23-22(27)17-15-31-19(24-17)14-26-11-9-25(10-12-26)13-16-6-7-18(28-2)21(30-4)20(16)29-3/h6-7,15H,5,8-14H2,1-4H3,(H,23,27). The van der Waals surface area contributed by atoms with E-state index in [0.29, 0.717) is 41.9 Å². The first kappa shape index (κ1) is 22.9. The van der Waals surface area contributed by atoms with E-state index in [9.17, 15) is 4.79 Å². The number of carbonyl (C=O) groups excluding carboxylic acids is 1. The molecule has 0 unspecified atom stereocenters. The van der Waals surface area contributed by atoms with Crippen LogP contribution in [-0.4, -0.2) is 74.7 Å². The zero-order valence-corrected chi connectivity index (χ0v) is 18.8. The lowest BCUT2D eigenvalue weighted by atomic mass is 10.1. The average Bonchev–Trinajstić information content (AvgIpc) is 3.26. The first-order valence-corrected chi connectivity index (χ1v) is 10.5. The van der Waals surface area contributed by atoms with Crippen molar-refractivity contribution in [3.8, 4) is 17.2 Å². The molecule has 1 aromatic carbocycles. The minimum Gasteiger partial charge on any atom is -0.493 e. The molecule has 0 radical (unpaired) electrons. The third-order valence-corrected chi connectivity index (χ3v) is 5.32. The van der Waals surface area contributed by atoms with Gasteiger partial charge in [0, 0.05) is 44.8 Å². The second-order valence-corrected chi connectivity index (χ2v) is 7.43. The first-order valence-electron chi connectivity index (χ1n) is 10.5. The van der Waals surface area contributed by atoms with E-state index < -0.39 is 0 Å². The highest BCUT2D eigenvalue weighted by Gasteiger charge is 2.22. The molecule has 0 bridgehead atoms. The summed E-state index contributed by atoms with van der Waals surface area (Å²) in [5.41, 5.74) is 1.40. The number of methoxy groups -OCH3 is 3. The van der Waals surface area contributed by atoms with Crippen molar-refractivity contribution in [2.75, 3.05) is 54.1 Å². The third kappa shape index (κ3) is 5.68. The van der Waals surface area contributed by atoms with Gasteiger partial charge in [-0.05, 0) is 12.5 Å². The van der Waals surface area contributed by atoms with E-state index in [0.717, 1.165) is 44.7 Å². The van der Waals surface area contributed by atoms with Crippen molar-refractivity contribution in [1.29, 1.82) is 0 Å². The number of hydrogen-bond donors (Lipinski definition) is 1.